The zero-order valence-corrected chi connectivity index (χ0v) is 20.4. The van der Waals surface area contributed by atoms with Gasteiger partial charge in [-0.3, -0.25) is 14.6 Å². The second-order valence-corrected chi connectivity index (χ2v) is 8.51. The molecule has 0 aliphatic carbocycles. The van der Waals surface area contributed by atoms with E-state index in [0.29, 0.717) is 24.4 Å². The van der Waals surface area contributed by atoms with Crippen LogP contribution in [-0.4, -0.2) is 37.1 Å². The first-order chi connectivity index (χ1) is 17.0. The molecule has 0 saturated heterocycles. The maximum Gasteiger partial charge on any atom is 0.252 e. The van der Waals surface area contributed by atoms with Crippen LogP contribution in [0.4, 0.5) is 5.69 Å². The van der Waals surface area contributed by atoms with Gasteiger partial charge >= 0.3 is 0 Å². The molecule has 2 N–H and O–H groups in total. The highest BCUT2D eigenvalue weighted by atomic mass is 35.5. The summed E-state index contributed by atoms with van der Waals surface area (Å²) in [4.78, 5) is 30.1. The Hall–Kier alpha value is -3.74. The number of methoxy groups -OCH3 is 1. The van der Waals surface area contributed by atoms with Gasteiger partial charge in [0.25, 0.3) is 5.91 Å². The topological polar surface area (TPSA) is 80.3 Å². The number of para-hydroxylation sites is 1. The van der Waals surface area contributed by atoms with Gasteiger partial charge in [-0.2, -0.15) is 0 Å². The van der Waals surface area contributed by atoms with Gasteiger partial charge in [-0.1, -0.05) is 60.1 Å². The van der Waals surface area contributed by atoms with Gasteiger partial charge in [0.05, 0.1) is 29.1 Å². The van der Waals surface area contributed by atoms with E-state index < -0.39 is 0 Å². The molecule has 4 aromatic rings. The monoisotopic (exact) mass is 487 g/mol. The fraction of sp³-hybridized carbons (Fsp3) is 0.179. The molecule has 2 amide bonds. The van der Waals surface area contributed by atoms with Crippen LogP contribution in [0.3, 0.4) is 0 Å². The Morgan fingerprint density at radius 3 is 2.49 bits per heavy atom. The summed E-state index contributed by atoms with van der Waals surface area (Å²) >= 11 is 6.32. The smallest absolute Gasteiger partial charge is 0.252 e. The number of benzene rings is 3. The number of aromatic nitrogens is 1. The molecule has 0 bridgehead atoms. The third-order valence-corrected chi connectivity index (χ3v) is 6.00. The fourth-order valence-corrected chi connectivity index (χ4v) is 4.30. The second-order valence-electron chi connectivity index (χ2n) is 8.10. The first-order valence-electron chi connectivity index (χ1n) is 11.3. The van der Waals surface area contributed by atoms with E-state index in [4.69, 9.17) is 21.3 Å². The zero-order valence-electron chi connectivity index (χ0n) is 19.6. The molecule has 7 heteroatoms. The highest BCUT2D eigenvalue weighted by Crippen LogP contribution is 2.33. The van der Waals surface area contributed by atoms with Gasteiger partial charge in [-0.15, -0.1) is 0 Å². The quantitative estimate of drug-likeness (QED) is 0.325. The Morgan fingerprint density at radius 1 is 1.00 bits per heavy atom. The summed E-state index contributed by atoms with van der Waals surface area (Å²) < 4.78 is 4.94. The predicted octanol–water partition coefficient (Wildman–Crippen LogP) is 5.42. The third-order valence-electron chi connectivity index (χ3n) is 5.69. The number of halogens is 1. The van der Waals surface area contributed by atoms with Crippen molar-refractivity contribution in [3.8, 4) is 11.1 Å². The molecule has 0 radical (unpaired) electrons. The molecule has 6 nitrogen and oxygen atoms in total. The van der Waals surface area contributed by atoms with Crippen LogP contribution in [0.1, 0.15) is 21.6 Å². The van der Waals surface area contributed by atoms with Crippen LogP contribution in [0.25, 0.3) is 22.0 Å². The Morgan fingerprint density at radius 2 is 1.74 bits per heavy atom. The summed E-state index contributed by atoms with van der Waals surface area (Å²) in [5, 5.41) is 6.89. The largest absolute Gasteiger partial charge is 0.383 e. The average molecular weight is 488 g/mol. The van der Waals surface area contributed by atoms with Gasteiger partial charge in [0.2, 0.25) is 5.91 Å². The number of hydrogen-bond donors (Lipinski definition) is 2. The lowest BCUT2D eigenvalue weighted by Crippen LogP contribution is -2.27. The summed E-state index contributed by atoms with van der Waals surface area (Å²) in [6.07, 6.45) is 0.144. The lowest BCUT2D eigenvalue weighted by Gasteiger charge is -2.16. The van der Waals surface area contributed by atoms with Crippen molar-refractivity contribution in [1.82, 2.24) is 10.3 Å². The van der Waals surface area contributed by atoms with Crippen molar-refractivity contribution in [1.29, 1.82) is 0 Å². The molecule has 0 spiro atoms. The number of nitrogens with zero attached hydrogens (tertiary/aromatic N) is 1. The number of nitrogens with one attached hydrogen (secondary N) is 2. The van der Waals surface area contributed by atoms with E-state index in [2.05, 4.69) is 10.6 Å². The maximum atomic E-state index is 13.1. The minimum Gasteiger partial charge on any atom is -0.383 e. The summed E-state index contributed by atoms with van der Waals surface area (Å²) in [5.74, 6) is -0.494. The first kappa shape index (κ1) is 24.4. The maximum absolute atomic E-state index is 13.1. The average Bonchev–Trinajstić information content (AvgIpc) is 2.85. The summed E-state index contributed by atoms with van der Waals surface area (Å²) in [6, 6.07) is 22.8. The first-order valence-corrected chi connectivity index (χ1v) is 11.7. The molecule has 0 saturated carbocycles. The number of amides is 2. The van der Waals surface area contributed by atoms with E-state index in [0.717, 1.165) is 33.3 Å². The van der Waals surface area contributed by atoms with Crippen LogP contribution in [0.5, 0.6) is 0 Å². The van der Waals surface area contributed by atoms with Crippen molar-refractivity contribution in [2.75, 3.05) is 25.6 Å². The number of pyridine rings is 1. The highest BCUT2D eigenvalue weighted by molar-refractivity contribution is 6.34. The minimum atomic E-state index is -0.296. The lowest BCUT2D eigenvalue weighted by atomic mass is 9.92. The zero-order chi connectivity index (χ0) is 24.8. The van der Waals surface area contributed by atoms with Crippen molar-refractivity contribution in [2.24, 2.45) is 0 Å². The molecule has 4 rings (SSSR count). The Balaban J connectivity index is 1.59. The molecule has 3 aromatic carbocycles. The minimum absolute atomic E-state index is 0.144. The van der Waals surface area contributed by atoms with E-state index in [-0.39, 0.29) is 23.3 Å². The standard InChI is InChI=1S/C28H26ClN3O3/c1-18-23(27(19-8-4-3-5-9-19)22-10-6-7-11-25(22)31-18)17-26(33)32-20-12-13-21(24(29)16-20)28(34)30-14-15-35-2/h3-13,16H,14-15,17H2,1-2H3,(H,30,34)(H,32,33). The van der Waals surface area contributed by atoms with E-state index in [9.17, 15) is 9.59 Å². The van der Waals surface area contributed by atoms with E-state index in [1.165, 1.54) is 0 Å². The van der Waals surface area contributed by atoms with Crippen molar-refractivity contribution in [3.05, 3.63) is 94.6 Å². The van der Waals surface area contributed by atoms with E-state index >= 15 is 0 Å². The van der Waals surface area contributed by atoms with Crippen LogP contribution < -0.4 is 10.6 Å². The lowest BCUT2D eigenvalue weighted by molar-refractivity contribution is -0.115. The van der Waals surface area contributed by atoms with Crippen molar-refractivity contribution < 1.29 is 14.3 Å². The van der Waals surface area contributed by atoms with Crippen LogP contribution in [0, 0.1) is 6.92 Å². The van der Waals surface area contributed by atoms with Crippen LogP contribution in [0.2, 0.25) is 5.02 Å². The summed E-state index contributed by atoms with van der Waals surface area (Å²) in [5.41, 5.74) is 5.45. The summed E-state index contributed by atoms with van der Waals surface area (Å²) in [6.45, 7) is 2.72. The number of fused-ring (bicyclic) bond motifs is 1. The van der Waals surface area contributed by atoms with Gasteiger partial charge in [0, 0.05) is 30.4 Å². The van der Waals surface area contributed by atoms with Crippen LogP contribution in [-0.2, 0) is 16.0 Å². The molecular formula is C28H26ClN3O3. The number of rotatable bonds is 8. The van der Waals surface area contributed by atoms with Gasteiger partial charge in [0.15, 0.2) is 0 Å². The molecule has 0 aliphatic heterocycles. The Bertz CT molecular complexity index is 1370. The summed E-state index contributed by atoms with van der Waals surface area (Å²) in [7, 11) is 1.56. The SMILES string of the molecule is COCCNC(=O)c1ccc(NC(=O)Cc2c(C)nc3ccccc3c2-c2ccccc2)cc1Cl. The van der Waals surface area contributed by atoms with E-state index in [1.54, 1.807) is 25.3 Å². The van der Waals surface area contributed by atoms with Gasteiger partial charge < -0.3 is 15.4 Å². The van der Waals surface area contributed by atoms with Crippen LogP contribution >= 0.6 is 11.6 Å². The molecule has 1 heterocycles. The molecule has 35 heavy (non-hydrogen) atoms. The number of ether oxygens (including phenoxy) is 1. The van der Waals surface area contributed by atoms with Crippen molar-refractivity contribution >= 4 is 40.0 Å². The molecule has 0 unspecified atom stereocenters. The molecule has 0 atom stereocenters. The van der Waals surface area contributed by atoms with Gasteiger partial charge in [-0.25, -0.2) is 0 Å². The van der Waals surface area contributed by atoms with Gasteiger partial charge in [-0.05, 0) is 47.9 Å². The molecule has 0 aliphatic rings. The molecule has 0 fully saturated rings. The van der Waals surface area contributed by atoms with Crippen LogP contribution in [0.15, 0.2) is 72.8 Å². The Kier molecular flexibility index (Phi) is 7.75. The fourth-order valence-electron chi connectivity index (χ4n) is 4.03. The Labute approximate surface area is 209 Å². The molecular weight excluding hydrogens is 462 g/mol. The number of aryl methyl sites for hydroxylation is 1. The van der Waals surface area contributed by atoms with Crippen molar-refractivity contribution in [2.45, 2.75) is 13.3 Å². The normalized spacial score (nSPS) is 10.8. The molecule has 1 aromatic heterocycles. The second kappa shape index (κ2) is 11.1. The third kappa shape index (κ3) is 5.67. The van der Waals surface area contributed by atoms with E-state index in [1.807, 2.05) is 61.5 Å². The number of hydrogen-bond acceptors (Lipinski definition) is 4. The van der Waals surface area contributed by atoms with Gasteiger partial charge in [0.1, 0.15) is 0 Å². The number of carbonyl (C=O) groups excluding carboxylic acids is 2. The number of anilines is 1. The highest BCUT2D eigenvalue weighted by Gasteiger charge is 2.18. The van der Waals surface area contributed by atoms with Crippen molar-refractivity contribution in [3.63, 3.8) is 0 Å². The molecule has 178 valence electrons. The number of carbonyl (C=O) groups is 2. The predicted molar refractivity (Wildman–Crippen MR) is 140 cm³/mol.